The molecule has 0 saturated heterocycles. The van der Waals surface area contributed by atoms with E-state index in [0.29, 0.717) is 19.0 Å². The summed E-state index contributed by atoms with van der Waals surface area (Å²) in [6.07, 6.45) is 5.74. The standard InChI is InChI=1S/C16H28N2O3Si.C11H15NO2/c1-16(2)7-6-13-12(10-16)14(15(19)20)17-18(13)11-21-8-9-22(3,4)5;1-11(2)4-3-7-6-12-9(10(13)14)8(7)5-11/h6-11H2,1-5H3,(H,19,20);3-6H2,1-2H3,(H,13,14). The summed E-state index contributed by atoms with van der Waals surface area (Å²) in [4.78, 5) is 26.4. The number of aliphatic carboxylic acids is 1. The monoisotopic (exact) mass is 517 g/mol. The Bertz CT molecular complexity index is 1080. The zero-order valence-corrected chi connectivity index (χ0v) is 24.0. The molecule has 2 N–H and O–H groups in total. The lowest BCUT2D eigenvalue weighted by molar-refractivity contribution is -0.129. The fourth-order valence-corrected chi connectivity index (χ4v) is 5.81. The van der Waals surface area contributed by atoms with Crippen LogP contribution in [0.25, 0.3) is 0 Å². The first-order valence-corrected chi connectivity index (χ1v) is 16.7. The fourth-order valence-electron chi connectivity index (χ4n) is 5.06. The summed E-state index contributed by atoms with van der Waals surface area (Å²) in [7, 11) is -1.10. The molecule has 0 fully saturated rings. The van der Waals surface area contributed by atoms with Gasteiger partial charge in [-0.2, -0.15) is 5.10 Å². The number of hydrogen-bond acceptors (Lipinski definition) is 5. The van der Waals surface area contributed by atoms with Crippen molar-refractivity contribution in [2.24, 2.45) is 15.8 Å². The highest BCUT2D eigenvalue weighted by Gasteiger charge is 2.34. The molecule has 0 aromatic carbocycles. The number of aliphatic imine (C=N–C) groups is 1. The van der Waals surface area contributed by atoms with Crippen molar-refractivity contribution in [3.05, 3.63) is 28.1 Å². The van der Waals surface area contributed by atoms with Gasteiger partial charge in [-0.1, -0.05) is 47.3 Å². The Kier molecular flexibility index (Phi) is 8.35. The van der Waals surface area contributed by atoms with Crippen molar-refractivity contribution in [3.8, 4) is 0 Å². The predicted molar refractivity (Wildman–Crippen MR) is 144 cm³/mol. The maximum absolute atomic E-state index is 11.4. The average molecular weight is 518 g/mol. The molecule has 1 aromatic heterocycles. The third-order valence-corrected chi connectivity index (χ3v) is 9.08. The molecule has 3 aliphatic rings. The molecule has 36 heavy (non-hydrogen) atoms. The van der Waals surface area contributed by atoms with Crippen molar-refractivity contribution in [3.63, 3.8) is 0 Å². The van der Waals surface area contributed by atoms with Gasteiger partial charge in [-0.25, -0.2) is 14.3 Å². The van der Waals surface area contributed by atoms with Crippen LogP contribution in [-0.4, -0.2) is 58.9 Å². The molecule has 1 aromatic rings. The normalized spacial score (nSPS) is 20.1. The molecule has 0 atom stereocenters. The minimum atomic E-state index is -1.10. The molecule has 200 valence electrons. The first-order valence-electron chi connectivity index (χ1n) is 13.0. The molecule has 0 saturated carbocycles. The second-order valence-corrected chi connectivity index (χ2v) is 18.8. The third kappa shape index (κ3) is 7.15. The maximum Gasteiger partial charge on any atom is 0.356 e. The molecule has 2 aliphatic carbocycles. The van der Waals surface area contributed by atoms with Crippen LogP contribution in [-0.2, 0) is 29.1 Å². The van der Waals surface area contributed by atoms with Gasteiger partial charge in [-0.3, -0.25) is 4.99 Å². The Labute approximate surface area is 215 Å². The number of aromatic carboxylic acids is 1. The zero-order valence-electron chi connectivity index (χ0n) is 23.0. The molecule has 4 rings (SSSR count). The van der Waals surface area contributed by atoms with E-state index in [-0.39, 0.29) is 16.5 Å². The molecular formula is C27H43N3O5Si. The number of aromatic nitrogens is 2. The first kappa shape index (κ1) is 28.3. The van der Waals surface area contributed by atoms with Crippen LogP contribution in [0, 0.1) is 10.8 Å². The van der Waals surface area contributed by atoms with E-state index in [9.17, 15) is 14.7 Å². The fraction of sp³-hybridized carbons (Fsp3) is 0.704. The van der Waals surface area contributed by atoms with Gasteiger partial charge < -0.3 is 14.9 Å². The zero-order chi connectivity index (χ0) is 26.9. The van der Waals surface area contributed by atoms with Crippen LogP contribution < -0.4 is 0 Å². The Hall–Kier alpha value is -2.26. The van der Waals surface area contributed by atoms with Crippen molar-refractivity contribution in [1.82, 2.24) is 9.78 Å². The number of hydrogen-bond donors (Lipinski definition) is 2. The molecule has 0 amide bonds. The Balaban J connectivity index is 0.000000221. The average Bonchev–Trinajstić information content (AvgIpc) is 3.30. The predicted octanol–water partition coefficient (Wildman–Crippen LogP) is 5.44. The SMILES string of the molecule is CC1(C)CCC2=C(C1)C(C(=O)O)=NC2.CC1(C)CCc2c(c(C(=O)O)nn2COCC[Si](C)(C)C)C1. The highest BCUT2D eigenvalue weighted by atomic mass is 28.3. The van der Waals surface area contributed by atoms with Gasteiger partial charge in [-0.05, 0) is 66.5 Å². The van der Waals surface area contributed by atoms with E-state index in [0.717, 1.165) is 68.0 Å². The number of fused-ring (bicyclic) bond motifs is 1. The van der Waals surface area contributed by atoms with Gasteiger partial charge in [0.25, 0.3) is 0 Å². The van der Waals surface area contributed by atoms with Crippen LogP contribution in [0.2, 0.25) is 25.7 Å². The third-order valence-electron chi connectivity index (χ3n) is 7.38. The molecule has 0 unspecified atom stereocenters. The van der Waals surface area contributed by atoms with E-state index in [2.05, 4.69) is 57.4 Å². The minimum Gasteiger partial charge on any atom is -0.477 e. The van der Waals surface area contributed by atoms with Gasteiger partial charge in [0.2, 0.25) is 0 Å². The van der Waals surface area contributed by atoms with Crippen molar-refractivity contribution in [2.75, 3.05) is 13.2 Å². The molecule has 9 heteroatoms. The topological polar surface area (TPSA) is 114 Å². The Morgan fingerprint density at radius 1 is 1.00 bits per heavy atom. The van der Waals surface area contributed by atoms with Crippen LogP contribution >= 0.6 is 0 Å². The second-order valence-electron chi connectivity index (χ2n) is 13.2. The van der Waals surface area contributed by atoms with Gasteiger partial charge in [0.15, 0.2) is 5.69 Å². The summed E-state index contributed by atoms with van der Waals surface area (Å²) in [5.74, 6) is -1.80. The van der Waals surface area contributed by atoms with E-state index in [1.54, 1.807) is 4.68 Å². The van der Waals surface area contributed by atoms with Gasteiger partial charge in [0.1, 0.15) is 12.4 Å². The molecule has 0 radical (unpaired) electrons. The van der Waals surface area contributed by atoms with E-state index in [4.69, 9.17) is 9.84 Å². The van der Waals surface area contributed by atoms with Crippen molar-refractivity contribution >= 4 is 25.7 Å². The molecular weight excluding hydrogens is 474 g/mol. The number of carboxylic acid groups (broad SMARTS) is 2. The Morgan fingerprint density at radius 3 is 2.25 bits per heavy atom. The van der Waals surface area contributed by atoms with E-state index in [1.165, 1.54) is 5.57 Å². The number of carbonyl (C=O) groups is 2. The largest absolute Gasteiger partial charge is 0.477 e. The summed E-state index contributed by atoms with van der Waals surface area (Å²) in [6, 6.07) is 1.11. The van der Waals surface area contributed by atoms with E-state index in [1.807, 2.05) is 0 Å². The van der Waals surface area contributed by atoms with Crippen molar-refractivity contribution < 1.29 is 24.5 Å². The van der Waals surface area contributed by atoms with Gasteiger partial charge >= 0.3 is 11.9 Å². The molecule has 0 bridgehead atoms. The van der Waals surface area contributed by atoms with Crippen LogP contribution in [0.3, 0.4) is 0 Å². The lowest BCUT2D eigenvalue weighted by atomic mass is 9.74. The molecule has 1 aliphatic heterocycles. The van der Waals surface area contributed by atoms with Gasteiger partial charge in [0, 0.05) is 25.9 Å². The minimum absolute atomic E-state index is 0.143. The summed E-state index contributed by atoms with van der Waals surface area (Å²) in [6.45, 7) is 17.4. The quantitative estimate of drug-likeness (QED) is 0.368. The van der Waals surface area contributed by atoms with Gasteiger partial charge in [-0.15, -0.1) is 0 Å². The smallest absolute Gasteiger partial charge is 0.356 e. The molecule has 8 nitrogen and oxygen atoms in total. The van der Waals surface area contributed by atoms with E-state index < -0.39 is 20.0 Å². The van der Waals surface area contributed by atoms with Crippen LogP contribution in [0.5, 0.6) is 0 Å². The lowest BCUT2D eigenvalue weighted by Crippen LogP contribution is -2.25. The molecule has 0 spiro atoms. The highest BCUT2D eigenvalue weighted by molar-refractivity contribution is 6.76. The summed E-state index contributed by atoms with van der Waals surface area (Å²) in [5.41, 5.74) is 5.10. The summed E-state index contributed by atoms with van der Waals surface area (Å²) >= 11 is 0. The Morgan fingerprint density at radius 2 is 1.64 bits per heavy atom. The second kappa shape index (κ2) is 10.6. The van der Waals surface area contributed by atoms with E-state index >= 15 is 0 Å². The highest BCUT2D eigenvalue weighted by Crippen LogP contribution is 2.41. The summed E-state index contributed by atoms with van der Waals surface area (Å²) in [5, 5.41) is 22.6. The van der Waals surface area contributed by atoms with Crippen LogP contribution in [0.15, 0.2) is 16.1 Å². The summed E-state index contributed by atoms with van der Waals surface area (Å²) < 4.78 is 7.51. The van der Waals surface area contributed by atoms with Crippen LogP contribution in [0.4, 0.5) is 0 Å². The lowest BCUT2D eigenvalue weighted by Gasteiger charge is -2.30. The van der Waals surface area contributed by atoms with Crippen LogP contribution in [0.1, 0.15) is 75.1 Å². The number of rotatable bonds is 7. The first-order chi connectivity index (χ1) is 16.6. The van der Waals surface area contributed by atoms with Crippen molar-refractivity contribution in [2.45, 2.75) is 98.6 Å². The number of ether oxygens (including phenoxy) is 1. The number of nitrogens with zero attached hydrogens (tertiary/aromatic N) is 3. The molecule has 2 heterocycles. The number of carboxylic acids is 2. The van der Waals surface area contributed by atoms with Crippen molar-refractivity contribution in [1.29, 1.82) is 0 Å². The maximum atomic E-state index is 11.4. The van der Waals surface area contributed by atoms with Gasteiger partial charge in [0.05, 0.1) is 6.54 Å².